The molecule has 0 radical (unpaired) electrons. The fraction of sp³-hybridized carbons (Fsp3) is 0.158. The van der Waals surface area contributed by atoms with E-state index >= 15 is 0 Å². The van der Waals surface area contributed by atoms with Crippen molar-refractivity contribution in [2.24, 2.45) is 0 Å². The smallest absolute Gasteiger partial charge is 0.221 e. The summed E-state index contributed by atoms with van der Waals surface area (Å²) in [6.07, 6.45) is 0. The number of nitrogens with zero attached hydrogens (tertiary/aromatic N) is 2. The monoisotopic (exact) mass is 337 g/mol. The van der Waals surface area contributed by atoms with Crippen LogP contribution in [0.3, 0.4) is 0 Å². The topological polar surface area (TPSA) is 79.5 Å². The predicted molar refractivity (Wildman–Crippen MR) is 97.0 cm³/mol. The second-order valence-electron chi connectivity index (χ2n) is 5.24. The number of anilines is 1. The highest BCUT2D eigenvalue weighted by atomic mass is 16.5. The van der Waals surface area contributed by atoms with Crippen molar-refractivity contribution in [3.63, 3.8) is 0 Å². The van der Waals surface area contributed by atoms with Gasteiger partial charge in [-0.1, -0.05) is 30.3 Å². The van der Waals surface area contributed by atoms with Crippen LogP contribution < -0.4 is 19.9 Å². The van der Waals surface area contributed by atoms with Crippen molar-refractivity contribution in [1.29, 1.82) is 0 Å². The van der Waals surface area contributed by atoms with Crippen LogP contribution >= 0.6 is 0 Å². The van der Waals surface area contributed by atoms with Crippen LogP contribution in [-0.2, 0) is 0 Å². The highest BCUT2D eigenvalue weighted by molar-refractivity contribution is 5.77. The lowest BCUT2D eigenvalue weighted by atomic mass is 10.1. The number of nitrogens with two attached hydrogens (primary N) is 1. The molecule has 0 bridgehead atoms. The summed E-state index contributed by atoms with van der Waals surface area (Å²) in [6, 6.07) is 15.3. The predicted octanol–water partition coefficient (Wildman–Crippen LogP) is 3.42. The van der Waals surface area contributed by atoms with Crippen molar-refractivity contribution >= 4 is 5.95 Å². The molecule has 0 unspecified atom stereocenters. The SMILES string of the molecule is COc1ccc(-c2cc(-c3ccccc3)nc(N)n2)c(OC)c1OC. The first kappa shape index (κ1) is 16.6. The van der Waals surface area contributed by atoms with Gasteiger partial charge >= 0.3 is 0 Å². The molecule has 0 saturated heterocycles. The minimum Gasteiger partial charge on any atom is -0.493 e. The van der Waals surface area contributed by atoms with Gasteiger partial charge in [-0.15, -0.1) is 0 Å². The number of nitrogen functional groups attached to an aromatic ring is 1. The Balaban J connectivity index is 2.19. The van der Waals surface area contributed by atoms with Crippen molar-refractivity contribution in [2.45, 2.75) is 0 Å². The maximum absolute atomic E-state index is 5.93. The average molecular weight is 337 g/mol. The normalized spacial score (nSPS) is 10.4. The molecule has 1 aromatic heterocycles. The summed E-state index contributed by atoms with van der Waals surface area (Å²) in [4.78, 5) is 8.69. The lowest BCUT2D eigenvalue weighted by Gasteiger charge is -2.16. The van der Waals surface area contributed by atoms with Gasteiger partial charge in [-0.2, -0.15) is 0 Å². The summed E-state index contributed by atoms with van der Waals surface area (Å²) in [5.74, 6) is 1.79. The molecule has 2 aromatic carbocycles. The maximum atomic E-state index is 5.93. The fourth-order valence-corrected chi connectivity index (χ4v) is 2.66. The summed E-state index contributed by atoms with van der Waals surface area (Å²) >= 11 is 0. The van der Waals surface area contributed by atoms with Crippen LogP contribution in [0.15, 0.2) is 48.5 Å². The van der Waals surface area contributed by atoms with Crippen molar-refractivity contribution in [3.8, 4) is 39.8 Å². The largest absolute Gasteiger partial charge is 0.493 e. The lowest BCUT2D eigenvalue weighted by Crippen LogP contribution is -2.01. The van der Waals surface area contributed by atoms with Gasteiger partial charge in [0, 0.05) is 11.1 Å². The molecule has 1 heterocycles. The van der Waals surface area contributed by atoms with Crippen LogP contribution in [0.1, 0.15) is 0 Å². The molecule has 0 saturated carbocycles. The Kier molecular flexibility index (Phi) is 4.70. The first-order valence-electron chi connectivity index (χ1n) is 7.67. The summed E-state index contributed by atoms with van der Waals surface area (Å²) in [6.45, 7) is 0. The van der Waals surface area contributed by atoms with Crippen molar-refractivity contribution in [2.75, 3.05) is 27.1 Å². The summed E-state index contributed by atoms with van der Waals surface area (Å²) in [5, 5.41) is 0. The van der Waals surface area contributed by atoms with E-state index in [1.807, 2.05) is 42.5 Å². The second kappa shape index (κ2) is 7.09. The minimum atomic E-state index is 0.188. The van der Waals surface area contributed by atoms with Crippen LogP contribution in [0.4, 0.5) is 5.95 Å². The molecule has 3 rings (SSSR count). The van der Waals surface area contributed by atoms with E-state index in [-0.39, 0.29) is 5.95 Å². The molecular weight excluding hydrogens is 318 g/mol. The van der Waals surface area contributed by atoms with E-state index in [1.165, 1.54) is 0 Å². The Morgan fingerprint density at radius 2 is 1.44 bits per heavy atom. The van der Waals surface area contributed by atoms with Crippen LogP contribution in [0.25, 0.3) is 22.5 Å². The van der Waals surface area contributed by atoms with E-state index in [0.717, 1.165) is 16.8 Å². The van der Waals surface area contributed by atoms with Gasteiger partial charge in [0.15, 0.2) is 11.5 Å². The molecule has 0 amide bonds. The van der Waals surface area contributed by atoms with Gasteiger partial charge in [0.1, 0.15) is 0 Å². The molecule has 6 nitrogen and oxygen atoms in total. The van der Waals surface area contributed by atoms with Gasteiger partial charge in [0.25, 0.3) is 0 Å². The molecule has 0 aliphatic heterocycles. The third-order valence-electron chi connectivity index (χ3n) is 3.79. The zero-order valence-electron chi connectivity index (χ0n) is 14.3. The van der Waals surface area contributed by atoms with Crippen LogP contribution in [-0.4, -0.2) is 31.3 Å². The molecule has 2 N–H and O–H groups in total. The number of benzene rings is 2. The third kappa shape index (κ3) is 3.19. The first-order valence-corrected chi connectivity index (χ1v) is 7.67. The lowest BCUT2D eigenvalue weighted by molar-refractivity contribution is 0.325. The van der Waals surface area contributed by atoms with Gasteiger partial charge in [-0.3, -0.25) is 0 Å². The molecule has 0 aliphatic carbocycles. The van der Waals surface area contributed by atoms with E-state index < -0.39 is 0 Å². The highest BCUT2D eigenvalue weighted by Crippen LogP contribution is 2.44. The zero-order valence-corrected chi connectivity index (χ0v) is 14.3. The quantitative estimate of drug-likeness (QED) is 0.768. The van der Waals surface area contributed by atoms with Crippen molar-refractivity contribution < 1.29 is 14.2 Å². The Morgan fingerprint density at radius 1 is 0.760 bits per heavy atom. The molecule has 0 spiro atoms. The summed E-state index contributed by atoms with van der Waals surface area (Å²) in [7, 11) is 4.71. The molecular formula is C19H19N3O3. The summed E-state index contributed by atoms with van der Waals surface area (Å²) in [5.41, 5.74) is 9.01. The number of aromatic nitrogens is 2. The highest BCUT2D eigenvalue weighted by Gasteiger charge is 2.19. The van der Waals surface area contributed by atoms with E-state index in [2.05, 4.69) is 9.97 Å². The zero-order chi connectivity index (χ0) is 17.8. The number of methoxy groups -OCH3 is 3. The number of ether oxygens (including phenoxy) is 3. The Labute approximate surface area is 146 Å². The van der Waals surface area contributed by atoms with E-state index in [4.69, 9.17) is 19.9 Å². The van der Waals surface area contributed by atoms with E-state index in [9.17, 15) is 0 Å². The van der Waals surface area contributed by atoms with Gasteiger partial charge < -0.3 is 19.9 Å². The van der Waals surface area contributed by atoms with Crippen molar-refractivity contribution in [1.82, 2.24) is 9.97 Å². The van der Waals surface area contributed by atoms with Crippen LogP contribution in [0.2, 0.25) is 0 Å². The van der Waals surface area contributed by atoms with Crippen molar-refractivity contribution in [3.05, 3.63) is 48.5 Å². The molecule has 0 fully saturated rings. The Hall–Kier alpha value is -3.28. The maximum Gasteiger partial charge on any atom is 0.221 e. The standard InChI is InChI=1S/C19H19N3O3/c1-23-16-10-9-13(17(24-2)18(16)25-3)15-11-14(21-19(20)22-15)12-7-5-4-6-8-12/h4-11H,1-3H3,(H2,20,21,22). The van der Waals surface area contributed by atoms with E-state index in [0.29, 0.717) is 22.9 Å². The molecule has 128 valence electrons. The fourth-order valence-electron chi connectivity index (χ4n) is 2.66. The van der Waals surface area contributed by atoms with Crippen LogP contribution in [0.5, 0.6) is 17.2 Å². The van der Waals surface area contributed by atoms with Gasteiger partial charge in [-0.05, 0) is 18.2 Å². The number of hydrogen-bond donors (Lipinski definition) is 1. The Bertz CT molecular complexity index is 883. The number of rotatable bonds is 5. The van der Waals surface area contributed by atoms with Crippen LogP contribution in [0, 0.1) is 0 Å². The molecule has 0 atom stereocenters. The molecule has 6 heteroatoms. The first-order chi connectivity index (χ1) is 12.2. The molecule has 3 aromatic rings. The Morgan fingerprint density at radius 3 is 2.08 bits per heavy atom. The number of hydrogen-bond acceptors (Lipinski definition) is 6. The molecule has 25 heavy (non-hydrogen) atoms. The third-order valence-corrected chi connectivity index (χ3v) is 3.79. The summed E-state index contributed by atoms with van der Waals surface area (Å²) < 4.78 is 16.3. The van der Waals surface area contributed by atoms with Gasteiger partial charge in [0.2, 0.25) is 11.7 Å². The van der Waals surface area contributed by atoms with Gasteiger partial charge in [0.05, 0.1) is 32.7 Å². The second-order valence-corrected chi connectivity index (χ2v) is 5.24. The molecule has 0 aliphatic rings. The van der Waals surface area contributed by atoms with Gasteiger partial charge in [-0.25, -0.2) is 9.97 Å². The average Bonchev–Trinajstić information content (AvgIpc) is 2.66. The minimum absolute atomic E-state index is 0.188. The van der Waals surface area contributed by atoms with E-state index in [1.54, 1.807) is 27.4 Å².